The van der Waals surface area contributed by atoms with Crippen molar-refractivity contribution < 1.29 is 22.0 Å². The predicted octanol–water partition coefficient (Wildman–Crippen LogP) is 5.18. The van der Waals surface area contributed by atoms with Crippen LogP contribution in [0.3, 0.4) is 0 Å². The van der Waals surface area contributed by atoms with E-state index in [1.807, 2.05) is 0 Å². The van der Waals surface area contributed by atoms with E-state index in [-0.39, 0.29) is 22.5 Å². The first-order valence-corrected chi connectivity index (χ1v) is 10.1. The molecule has 1 fully saturated rings. The summed E-state index contributed by atoms with van der Waals surface area (Å²) in [5.74, 6) is 0.117. The molecular weight excluding hydrogens is 443 g/mol. The van der Waals surface area contributed by atoms with Gasteiger partial charge in [0.15, 0.2) is 0 Å². The number of anilines is 1. The summed E-state index contributed by atoms with van der Waals surface area (Å²) in [5.41, 5.74) is -0.790. The largest absolute Gasteiger partial charge is 0.416 e. The highest BCUT2D eigenvalue weighted by molar-refractivity contribution is 5.88. The van der Waals surface area contributed by atoms with E-state index in [0.29, 0.717) is 11.2 Å². The Morgan fingerprint density at radius 2 is 1.94 bits per heavy atom. The first kappa shape index (κ1) is 22.7. The van der Waals surface area contributed by atoms with Crippen LogP contribution in [-0.4, -0.2) is 20.5 Å². The number of hydrogen-bond donors (Lipinski definition) is 1. The second-order valence-electron chi connectivity index (χ2n) is 8.12. The minimum absolute atomic E-state index is 0.0239. The van der Waals surface area contributed by atoms with Gasteiger partial charge in [-0.15, -0.1) is 6.42 Å². The highest BCUT2D eigenvalue weighted by Crippen LogP contribution is 2.45. The van der Waals surface area contributed by atoms with Gasteiger partial charge in [-0.3, -0.25) is 4.79 Å². The van der Waals surface area contributed by atoms with Gasteiger partial charge in [-0.05, 0) is 31.0 Å². The lowest BCUT2D eigenvalue weighted by Crippen LogP contribution is -2.40. The third-order valence-electron chi connectivity index (χ3n) is 5.77. The van der Waals surface area contributed by atoms with Crippen LogP contribution in [-0.2, 0) is 6.18 Å². The van der Waals surface area contributed by atoms with Gasteiger partial charge < -0.3 is 9.88 Å². The van der Waals surface area contributed by atoms with Gasteiger partial charge in [0.25, 0.3) is 11.5 Å². The summed E-state index contributed by atoms with van der Waals surface area (Å²) in [5, 5.41) is 3.32. The Hall–Kier alpha value is -3.48. The van der Waals surface area contributed by atoms with Crippen LogP contribution in [0.1, 0.15) is 47.4 Å². The Balaban J connectivity index is 1.78. The summed E-state index contributed by atoms with van der Waals surface area (Å²) in [7, 11) is 0. The average Bonchev–Trinajstić information content (AvgIpc) is 2.69. The summed E-state index contributed by atoms with van der Waals surface area (Å²) in [6.07, 6.45) is 1.59. The van der Waals surface area contributed by atoms with E-state index in [0.717, 1.165) is 6.07 Å². The van der Waals surface area contributed by atoms with Crippen LogP contribution in [0.25, 0.3) is 10.9 Å². The Bertz CT molecular complexity index is 1330. The van der Waals surface area contributed by atoms with Crippen molar-refractivity contribution in [2.75, 3.05) is 5.32 Å². The van der Waals surface area contributed by atoms with Crippen molar-refractivity contribution in [1.82, 2.24) is 14.5 Å². The molecule has 1 aliphatic rings. The zero-order valence-electron chi connectivity index (χ0n) is 17.7. The number of nitrogens with one attached hydrogen (secondary N) is 1. The summed E-state index contributed by atoms with van der Waals surface area (Å²) >= 11 is 0. The van der Waals surface area contributed by atoms with E-state index >= 15 is 0 Å². The van der Waals surface area contributed by atoms with Crippen molar-refractivity contribution >= 4 is 16.7 Å². The number of aryl methyl sites for hydroxylation is 1. The Morgan fingerprint density at radius 3 is 2.55 bits per heavy atom. The van der Waals surface area contributed by atoms with Crippen LogP contribution in [0.15, 0.2) is 35.3 Å². The molecule has 0 bridgehead atoms. The molecule has 2 heterocycles. The zero-order chi connectivity index (χ0) is 24.1. The van der Waals surface area contributed by atoms with E-state index in [4.69, 9.17) is 6.42 Å². The smallest absolute Gasteiger partial charge is 0.352 e. The maximum atomic E-state index is 13.4. The lowest BCUT2D eigenvalue weighted by atomic mass is 9.88. The van der Waals surface area contributed by atoms with Crippen molar-refractivity contribution in [3.63, 3.8) is 0 Å². The predicted molar refractivity (Wildman–Crippen MR) is 113 cm³/mol. The average molecular weight is 462 g/mol. The number of rotatable bonds is 4. The highest BCUT2D eigenvalue weighted by atomic mass is 19.4. The van der Waals surface area contributed by atoms with E-state index in [2.05, 4.69) is 21.2 Å². The van der Waals surface area contributed by atoms with Crippen LogP contribution in [0.2, 0.25) is 0 Å². The maximum Gasteiger partial charge on any atom is 0.416 e. The first-order valence-electron chi connectivity index (χ1n) is 10.1. The molecule has 0 spiro atoms. The van der Waals surface area contributed by atoms with Gasteiger partial charge in [0.1, 0.15) is 17.7 Å². The second kappa shape index (κ2) is 7.83. The van der Waals surface area contributed by atoms with Crippen LogP contribution in [0, 0.1) is 26.2 Å². The number of fused-ring (bicyclic) bond motifs is 1. The number of halogens is 5. The summed E-state index contributed by atoms with van der Waals surface area (Å²) in [6.45, 7) is 2.92. The van der Waals surface area contributed by atoms with Crippen LogP contribution < -0.4 is 10.9 Å². The zero-order valence-corrected chi connectivity index (χ0v) is 17.7. The van der Waals surface area contributed by atoms with Gasteiger partial charge in [0.05, 0.1) is 16.5 Å². The molecule has 3 aromatic rings. The lowest BCUT2D eigenvalue weighted by molar-refractivity contribution is -0.138. The number of benzene rings is 1. The van der Waals surface area contributed by atoms with Crippen molar-refractivity contribution in [2.45, 2.75) is 50.9 Å². The van der Waals surface area contributed by atoms with Crippen molar-refractivity contribution in [3.8, 4) is 12.3 Å². The second-order valence-corrected chi connectivity index (χ2v) is 8.12. The van der Waals surface area contributed by atoms with Gasteiger partial charge in [0, 0.05) is 31.1 Å². The molecule has 0 radical (unpaired) electrons. The molecule has 5 nitrogen and oxygen atoms in total. The fourth-order valence-corrected chi connectivity index (χ4v) is 4.08. The Labute approximate surface area is 185 Å². The van der Waals surface area contributed by atoms with E-state index in [1.54, 1.807) is 6.92 Å². The van der Waals surface area contributed by atoms with Gasteiger partial charge in [0.2, 0.25) is 0 Å². The molecule has 10 heteroatoms. The lowest BCUT2D eigenvalue weighted by Gasteiger charge is -2.36. The molecule has 33 heavy (non-hydrogen) atoms. The molecule has 1 aliphatic carbocycles. The minimum Gasteiger partial charge on any atom is -0.352 e. The fourth-order valence-electron chi connectivity index (χ4n) is 4.08. The summed E-state index contributed by atoms with van der Waals surface area (Å²) in [4.78, 5) is 21.0. The number of nitrogens with zero attached hydrogens (tertiary/aromatic N) is 3. The standard InChI is InChI=1S/C23H19F5N4O/c1-4-18(15-6-5-7-17(12(15)2)23(26,27)28)31-21-16-11-32(14-9-22(24,25)10-14)20(33)8-19(16)29-13(3)30-21/h1,5-8,11,14,18H,9-10H2,2-3H3,(H,29,30,31)/t18-/m1/s1. The molecule has 172 valence electrons. The number of aromatic nitrogens is 3. The maximum absolute atomic E-state index is 13.4. The Kier molecular flexibility index (Phi) is 5.39. The molecule has 1 saturated carbocycles. The topological polar surface area (TPSA) is 59.8 Å². The minimum atomic E-state index is -4.54. The third kappa shape index (κ3) is 4.27. The van der Waals surface area contributed by atoms with E-state index < -0.39 is 48.1 Å². The quantitative estimate of drug-likeness (QED) is 0.429. The van der Waals surface area contributed by atoms with Gasteiger partial charge in [-0.1, -0.05) is 18.1 Å². The molecule has 1 N–H and O–H groups in total. The monoisotopic (exact) mass is 462 g/mol. The number of hydrogen-bond acceptors (Lipinski definition) is 4. The van der Waals surface area contributed by atoms with Crippen LogP contribution >= 0.6 is 0 Å². The fraction of sp³-hybridized carbons (Fsp3) is 0.348. The third-order valence-corrected chi connectivity index (χ3v) is 5.77. The van der Waals surface area contributed by atoms with Crippen LogP contribution in [0.5, 0.6) is 0 Å². The van der Waals surface area contributed by atoms with Crippen molar-refractivity contribution in [2.24, 2.45) is 0 Å². The summed E-state index contributed by atoms with van der Waals surface area (Å²) < 4.78 is 68.0. The van der Waals surface area contributed by atoms with Gasteiger partial charge in [-0.25, -0.2) is 18.7 Å². The van der Waals surface area contributed by atoms with E-state index in [9.17, 15) is 26.7 Å². The number of alkyl halides is 5. The first-order chi connectivity index (χ1) is 15.4. The number of terminal acetylenes is 1. The van der Waals surface area contributed by atoms with Crippen LogP contribution in [0.4, 0.5) is 27.8 Å². The molecule has 4 rings (SSSR count). The molecule has 0 aliphatic heterocycles. The van der Waals surface area contributed by atoms with E-state index in [1.165, 1.54) is 35.9 Å². The highest BCUT2D eigenvalue weighted by Gasteiger charge is 2.46. The molecule has 0 amide bonds. The van der Waals surface area contributed by atoms with Crippen molar-refractivity contribution in [1.29, 1.82) is 0 Å². The molecule has 2 aromatic heterocycles. The molecular formula is C23H19F5N4O. The SMILES string of the molecule is C#C[C@@H](Nc1nc(C)nc2cc(=O)n(C3CC(F)(F)C3)cc12)c1cccc(C(F)(F)F)c1C. The van der Waals surface area contributed by atoms with Gasteiger partial charge >= 0.3 is 6.18 Å². The molecule has 1 aromatic carbocycles. The number of pyridine rings is 1. The molecule has 0 saturated heterocycles. The summed E-state index contributed by atoms with van der Waals surface area (Å²) in [6, 6.07) is 3.33. The van der Waals surface area contributed by atoms with Crippen molar-refractivity contribution in [3.05, 3.63) is 63.3 Å². The molecule has 1 atom stereocenters. The van der Waals surface area contributed by atoms with Gasteiger partial charge in [-0.2, -0.15) is 13.2 Å². The normalized spacial score (nSPS) is 16.8. The Morgan fingerprint density at radius 1 is 1.24 bits per heavy atom. The molecule has 0 unspecified atom stereocenters.